The third-order valence-corrected chi connectivity index (χ3v) is 2.84. The summed E-state index contributed by atoms with van der Waals surface area (Å²) < 4.78 is 0.934. The molecule has 0 unspecified atom stereocenters. The highest BCUT2D eigenvalue weighted by Gasteiger charge is 2.17. The molecule has 0 aromatic carbocycles. The van der Waals surface area contributed by atoms with E-state index in [1.54, 1.807) is 0 Å². The molecule has 0 saturated heterocycles. The summed E-state index contributed by atoms with van der Waals surface area (Å²) in [6.07, 6.45) is 3.51. The maximum atomic E-state index is 10.4. The first kappa shape index (κ1) is 15.4. The van der Waals surface area contributed by atoms with Gasteiger partial charge in [-0.1, -0.05) is 20.8 Å². The van der Waals surface area contributed by atoms with Crippen LogP contribution in [0, 0.1) is 5.41 Å². The fourth-order valence-corrected chi connectivity index (χ4v) is 1.81. The number of carboxylic acids is 1. The van der Waals surface area contributed by atoms with E-state index < -0.39 is 5.97 Å². The Labute approximate surface area is 100 Å². The van der Waals surface area contributed by atoms with Crippen molar-refractivity contribution in [1.82, 2.24) is 0 Å². The highest BCUT2D eigenvalue weighted by molar-refractivity contribution is 5.66. The van der Waals surface area contributed by atoms with Crippen molar-refractivity contribution >= 4 is 5.97 Å². The van der Waals surface area contributed by atoms with E-state index in [1.807, 2.05) is 0 Å². The zero-order valence-corrected chi connectivity index (χ0v) is 11.5. The van der Waals surface area contributed by atoms with Crippen molar-refractivity contribution in [2.75, 3.05) is 27.2 Å². The minimum atomic E-state index is -0.685. The normalized spacial score (nSPS) is 12.8. The predicted molar refractivity (Wildman–Crippen MR) is 67.4 cm³/mol. The lowest BCUT2D eigenvalue weighted by molar-refractivity contribution is -0.890. The van der Waals surface area contributed by atoms with Gasteiger partial charge in [-0.25, -0.2) is 0 Å². The molecule has 0 aliphatic carbocycles. The fraction of sp³-hybridized carbons (Fsp3) is 0.923. The van der Waals surface area contributed by atoms with Crippen LogP contribution in [0.25, 0.3) is 0 Å². The van der Waals surface area contributed by atoms with Gasteiger partial charge in [0.15, 0.2) is 0 Å². The first-order valence-corrected chi connectivity index (χ1v) is 6.16. The number of rotatable bonds is 7. The summed E-state index contributed by atoms with van der Waals surface area (Å²) in [6.45, 7) is 8.87. The van der Waals surface area contributed by atoms with Crippen molar-refractivity contribution in [3.05, 3.63) is 0 Å². The molecule has 0 amide bonds. The molecule has 0 bridgehead atoms. The highest BCUT2D eigenvalue weighted by Crippen LogP contribution is 2.21. The predicted octanol–water partition coefficient (Wildman–Crippen LogP) is 2.75. The lowest BCUT2D eigenvalue weighted by atomic mass is 9.90. The molecule has 0 saturated carbocycles. The molecule has 0 rings (SSSR count). The van der Waals surface area contributed by atoms with E-state index in [2.05, 4.69) is 34.9 Å². The Morgan fingerprint density at radius 1 is 1.12 bits per heavy atom. The molecule has 0 aliphatic rings. The second-order valence-electron chi connectivity index (χ2n) is 6.54. The van der Waals surface area contributed by atoms with Gasteiger partial charge in [0.25, 0.3) is 0 Å². The van der Waals surface area contributed by atoms with E-state index in [4.69, 9.17) is 5.11 Å². The van der Waals surface area contributed by atoms with Crippen LogP contribution in [-0.2, 0) is 4.79 Å². The number of carboxylic acid groups (broad SMARTS) is 1. The van der Waals surface area contributed by atoms with Crippen LogP contribution in [0.1, 0.15) is 46.5 Å². The minimum Gasteiger partial charge on any atom is -0.481 e. The van der Waals surface area contributed by atoms with Gasteiger partial charge in [0.1, 0.15) is 0 Å². The SMILES string of the molecule is CC(C)(C)CCC[N+](C)(C)CCCC(=O)O. The molecule has 0 spiro atoms. The van der Waals surface area contributed by atoms with Gasteiger partial charge in [0, 0.05) is 6.42 Å². The molecule has 0 radical (unpaired) electrons. The quantitative estimate of drug-likeness (QED) is 0.683. The molecule has 0 atom stereocenters. The van der Waals surface area contributed by atoms with Crippen molar-refractivity contribution in [1.29, 1.82) is 0 Å². The number of nitrogens with zero attached hydrogens (tertiary/aromatic N) is 1. The van der Waals surface area contributed by atoms with E-state index in [-0.39, 0.29) is 0 Å². The minimum absolute atomic E-state index is 0.293. The Balaban J connectivity index is 3.74. The lowest BCUT2D eigenvalue weighted by Crippen LogP contribution is -2.41. The summed E-state index contributed by atoms with van der Waals surface area (Å²) in [4.78, 5) is 10.4. The number of hydrogen-bond acceptors (Lipinski definition) is 1. The first-order chi connectivity index (χ1) is 7.12. The standard InChI is InChI=1S/C13H27NO2/c1-13(2,3)9-7-11-14(4,5)10-6-8-12(15)16/h6-11H2,1-5H3/p+1. The summed E-state index contributed by atoms with van der Waals surface area (Å²) in [5, 5.41) is 8.59. The molecule has 16 heavy (non-hydrogen) atoms. The van der Waals surface area contributed by atoms with Gasteiger partial charge < -0.3 is 9.59 Å². The Morgan fingerprint density at radius 2 is 1.62 bits per heavy atom. The molecule has 0 heterocycles. The summed E-state index contributed by atoms with van der Waals surface area (Å²) in [5.74, 6) is -0.685. The first-order valence-electron chi connectivity index (χ1n) is 6.16. The van der Waals surface area contributed by atoms with E-state index >= 15 is 0 Å². The zero-order chi connectivity index (χ0) is 12.8. The summed E-state index contributed by atoms with van der Waals surface area (Å²) in [5.41, 5.74) is 0.404. The molecular formula is C13H28NO2+. The Hall–Kier alpha value is -0.570. The Bertz CT molecular complexity index is 216. The van der Waals surface area contributed by atoms with E-state index in [9.17, 15) is 4.79 Å². The van der Waals surface area contributed by atoms with Crippen molar-refractivity contribution in [2.24, 2.45) is 5.41 Å². The molecule has 0 aliphatic heterocycles. The van der Waals surface area contributed by atoms with E-state index in [0.29, 0.717) is 11.8 Å². The van der Waals surface area contributed by atoms with Gasteiger partial charge >= 0.3 is 5.97 Å². The average molecular weight is 230 g/mol. The highest BCUT2D eigenvalue weighted by atomic mass is 16.4. The smallest absolute Gasteiger partial charge is 0.303 e. The van der Waals surface area contributed by atoms with Gasteiger partial charge in [-0.2, -0.15) is 0 Å². The van der Waals surface area contributed by atoms with Gasteiger partial charge in [0.2, 0.25) is 0 Å². The molecule has 0 fully saturated rings. The van der Waals surface area contributed by atoms with Gasteiger partial charge in [0.05, 0.1) is 33.6 Å². The maximum Gasteiger partial charge on any atom is 0.303 e. The van der Waals surface area contributed by atoms with Gasteiger partial charge in [-0.05, 0) is 18.3 Å². The lowest BCUT2D eigenvalue weighted by Gasteiger charge is -2.31. The Kier molecular flexibility index (Phi) is 6.01. The fourth-order valence-electron chi connectivity index (χ4n) is 1.81. The van der Waals surface area contributed by atoms with Crippen LogP contribution in [0.4, 0.5) is 0 Å². The van der Waals surface area contributed by atoms with E-state index in [1.165, 1.54) is 12.8 Å². The molecule has 0 aromatic heterocycles. The molecular weight excluding hydrogens is 202 g/mol. The summed E-state index contributed by atoms with van der Waals surface area (Å²) in [7, 11) is 4.37. The third-order valence-electron chi connectivity index (χ3n) is 2.84. The number of quaternary nitrogens is 1. The Morgan fingerprint density at radius 3 is 2.06 bits per heavy atom. The van der Waals surface area contributed by atoms with Crippen molar-refractivity contribution in [3.63, 3.8) is 0 Å². The van der Waals surface area contributed by atoms with Crippen LogP contribution < -0.4 is 0 Å². The van der Waals surface area contributed by atoms with Crippen LogP contribution in [0.15, 0.2) is 0 Å². The van der Waals surface area contributed by atoms with Crippen LogP contribution in [0.5, 0.6) is 0 Å². The van der Waals surface area contributed by atoms with Crippen LogP contribution in [0.2, 0.25) is 0 Å². The monoisotopic (exact) mass is 230 g/mol. The van der Waals surface area contributed by atoms with Gasteiger partial charge in [-0.3, -0.25) is 4.79 Å². The van der Waals surface area contributed by atoms with Crippen molar-refractivity contribution in [2.45, 2.75) is 46.5 Å². The van der Waals surface area contributed by atoms with Crippen molar-refractivity contribution in [3.8, 4) is 0 Å². The van der Waals surface area contributed by atoms with Crippen molar-refractivity contribution < 1.29 is 14.4 Å². The molecule has 96 valence electrons. The van der Waals surface area contributed by atoms with Crippen LogP contribution in [-0.4, -0.2) is 42.7 Å². The average Bonchev–Trinajstić information content (AvgIpc) is 1.99. The summed E-state index contributed by atoms with van der Waals surface area (Å²) in [6, 6.07) is 0. The molecule has 0 aromatic rings. The second-order valence-corrected chi connectivity index (χ2v) is 6.54. The number of aliphatic carboxylic acids is 1. The van der Waals surface area contributed by atoms with Gasteiger partial charge in [-0.15, -0.1) is 0 Å². The maximum absolute atomic E-state index is 10.4. The number of hydrogen-bond donors (Lipinski definition) is 1. The topological polar surface area (TPSA) is 37.3 Å². The molecule has 3 nitrogen and oxygen atoms in total. The summed E-state index contributed by atoms with van der Waals surface area (Å²) >= 11 is 0. The van der Waals surface area contributed by atoms with E-state index in [0.717, 1.165) is 24.0 Å². The van der Waals surface area contributed by atoms with Crippen LogP contribution >= 0.6 is 0 Å². The largest absolute Gasteiger partial charge is 0.481 e. The second kappa shape index (κ2) is 6.24. The number of carbonyl (C=O) groups is 1. The third kappa shape index (κ3) is 9.97. The van der Waals surface area contributed by atoms with Crippen LogP contribution in [0.3, 0.4) is 0 Å². The molecule has 3 heteroatoms. The zero-order valence-electron chi connectivity index (χ0n) is 11.5. The molecule has 1 N–H and O–H groups in total.